The number of likely N-dealkylation sites (tertiary alicyclic amines) is 1. The largest absolute Gasteiger partial charge is 0.338 e. The zero-order valence-electron chi connectivity index (χ0n) is 15.2. The van der Waals surface area contributed by atoms with E-state index in [1.54, 1.807) is 4.90 Å². The van der Waals surface area contributed by atoms with Crippen LogP contribution in [-0.4, -0.2) is 46.3 Å². The van der Waals surface area contributed by atoms with Crippen LogP contribution in [0.3, 0.4) is 0 Å². The molecule has 4 amide bonds. The first-order valence-electron chi connectivity index (χ1n) is 9.64. The van der Waals surface area contributed by atoms with Gasteiger partial charge in [0.1, 0.15) is 5.54 Å². The highest BCUT2D eigenvalue weighted by Gasteiger charge is 2.52. The zero-order valence-corrected chi connectivity index (χ0v) is 16.0. The van der Waals surface area contributed by atoms with Gasteiger partial charge in [-0.15, -0.1) is 0 Å². The molecule has 1 saturated carbocycles. The number of carbonyl (C=O) groups is 3. The van der Waals surface area contributed by atoms with Crippen LogP contribution in [0.25, 0.3) is 0 Å². The Morgan fingerprint density at radius 1 is 1.11 bits per heavy atom. The van der Waals surface area contributed by atoms with Gasteiger partial charge in [0, 0.05) is 37.0 Å². The van der Waals surface area contributed by atoms with Gasteiger partial charge in [-0.1, -0.05) is 49.1 Å². The monoisotopic (exact) mass is 389 g/mol. The van der Waals surface area contributed by atoms with Crippen molar-refractivity contribution in [1.82, 2.24) is 15.1 Å². The molecule has 1 N–H and O–H groups in total. The van der Waals surface area contributed by atoms with E-state index in [4.69, 9.17) is 11.6 Å². The molecule has 3 aliphatic rings. The third-order valence-electron chi connectivity index (χ3n) is 6.01. The highest BCUT2D eigenvalue weighted by atomic mass is 35.5. The van der Waals surface area contributed by atoms with Crippen molar-refractivity contribution in [1.29, 1.82) is 0 Å². The van der Waals surface area contributed by atoms with Crippen LogP contribution < -0.4 is 5.32 Å². The number of hydrogen-bond acceptors (Lipinski definition) is 3. The Morgan fingerprint density at radius 3 is 2.59 bits per heavy atom. The van der Waals surface area contributed by atoms with Gasteiger partial charge in [-0.3, -0.25) is 14.5 Å². The van der Waals surface area contributed by atoms with Crippen molar-refractivity contribution in [2.75, 3.05) is 13.1 Å². The summed E-state index contributed by atoms with van der Waals surface area (Å²) in [5.41, 5.74) is 0.208. The van der Waals surface area contributed by atoms with Crippen molar-refractivity contribution in [3.05, 3.63) is 34.9 Å². The molecule has 0 aromatic heterocycles. The molecule has 0 bridgehead atoms. The van der Waals surface area contributed by atoms with Crippen molar-refractivity contribution in [3.63, 3.8) is 0 Å². The van der Waals surface area contributed by atoms with E-state index >= 15 is 0 Å². The Hall–Kier alpha value is -2.08. The summed E-state index contributed by atoms with van der Waals surface area (Å²) in [5, 5.41) is 3.58. The number of rotatable bonds is 4. The molecule has 1 aliphatic carbocycles. The highest BCUT2D eigenvalue weighted by Crippen LogP contribution is 2.34. The van der Waals surface area contributed by atoms with Crippen LogP contribution >= 0.6 is 11.6 Å². The van der Waals surface area contributed by atoms with Gasteiger partial charge < -0.3 is 10.2 Å². The molecule has 144 valence electrons. The molecule has 3 fully saturated rings. The third-order valence-corrected chi connectivity index (χ3v) is 6.38. The quantitative estimate of drug-likeness (QED) is 0.805. The first-order chi connectivity index (χ1) is 13.0. The molecule has 2 aliphatic heterocycles. The molecule has 2 saturated heterocycles. The SMILES string of the molecule is O=C1CC(CN2C(=O)NC3(CCCCC3)C2=O)CN1Cc1ccccc1Cl. The average molecular weight is 390 g/mol. The second kappa shape index (κ2) is 7.15. The lowest BCUT2D eigenvalue weighted by Crippen LogP contribution is -2.48. The molecule has 1 atom stereocenters. The predicted molar refractivity (Wildman–Crippen MR) is 101 cm³/mol. The smallest absolute Gasteiger partial charge is 0.325 e. The average Bonchev–Trinajstić information content (AvgIpc) is 3.10. The summed E-state index contributed by atoms with van der Waals surface area (Å²) in [5.74, 6) is -0.100. The maximum atomic E-state index is 12.9. The third kappa shape index (κ3) is 3.43. The number of nitrogens with one attached hydrogen (secondary N) is 1. The Labute approximate surface area is 163 Å². The number of halogens is 1. The number of nitrogens with zero attached hydrogens (tertiary/aromatic N) is 2. The molecule has 1 spiro atoms. The minimum absolute atomic E-state index is 0.0339. The van der Waals surface area contributed by atoms with Crippen molar-refractivity contribution in [2.24, 2.45) is 5.92 Å². The molecule has 2 heterocycles. The van der Waals surface area contributed by atoms with E-state index in [1.165, 1.54) is 4.90 Å². The molecule has 6 nitrogen and oxygen atoms in total. The molecule has 1 aromatic rings. The van der Waals surface area contributed by atoms with Gasteiger partial charge in [0.15, 0.2) is 0 Å². The van der Waals surface area contributed by atoms with Crippen LogP contribution in [0.4, 0.5) is 4.79 Å². The Balaban J connectivity index is 1.40. The van der Waals surface area contributed by atoms with E-state index in [9.17, 15) is 14.4 Å². The van der Waals surface area contributed by atoms with Gasteiger partial charge in [-0.05, 0) is 24.5 Å². The van der Waals surface area contributed by atoms with Crippen LogP contribution in [0.2, 0.25) is 5.02 Å². The molecular weight excluding hydrogens is 366 g/mol. The van der Waals surface area contributed by atoms with E-state index in [0.717, 1.165) is 37.7 Å². The van der Waals surface area contributed by atoms with Gasteiger partial charge in [0.2, 0.25) is 5.91 Å². The zero-order chi connectivity index (χ0) is 19.0. The lowest BCUT2D eigenvalue weighted by atomic mass is 9.81. The summed E-state index contributed by atoms with van der Waals surface area (Å²) < 4.78 is 0. The molecule has 7 heteroatoms. The number of carbonyl (C=O) groups excluding carboxylic acids is 3. The van der Waals surface area contributed by atoms with Crippen molar-refractivity contribution < 1.29 is 14.4 Å². The lowest BCUT2D eigenvalue weighted by molar-refractivity contribution is -0.133. The molecular formula is C20H24ClN3O3. The standard InChI is InChI=1S/C20H24ClN3O3/c21-16-7-3-2-6-15(16)13-23-11-14(10-17(23)25)12-24-18(26)20(22-19(24)27)8-4-1-5-9-20/h2-3,6-7,14H,1,4-5,8-13H2,(H,22,27). The van der Waals surface area contributed by atoms with Gasteiger partial charge in [0.25, 0.3) is 5.91 Å². The summed E-state index contributed by atoms with van der Waals surface area (Å²) in [6, 6.07) is 7.17. The van der Waals surface area contributed by atoms with Gasteiger partial charge in [-0.25, -0.2) is 4.79 Å². The molecule has 27 heavy (non-hydrogen) atoms. The fraction of sp³-hybridized carbons (Fsp3) is 0.550. The maximum Gasteiger partial charge on any atom is 0.325 e. The van der Waals surface area contributed by atoms with E-state index in [-0.39, 0.29) is 23.8 Å². The lowest BCUT2D eigenvalue weighted by Gasteiger charge is -2.30. The van der Waals surface area contributed by atoms with E-state index < -0.39 is 5.54 Å². The van der Waals surface area contributed by atoms with E-state index in [2.05, 4.69) is 5.32 Å². The van der Waals surface area contributed by atoms with Crippen molar-refractivity contribution in [3.8, 4) is 0 Å². The topological polar surface area (TPSA) is 69.7 Å². The molecule has 0 radical (unpaired) electrons. The number of imide groups is 1. The van der Waals surface area contributed by atoms with E-state index in [0.29, 0.717) is 31.1 Å². The normalized spacial score (nSPS) is 24.8. The summed E-state index contributed by atoms with van der Waals surface area (Å²) in [6.45, 7) is 1.30. The fourth-order valence-electron chi connectivity index (χ4n) is 4.56. The van der Waals surface area contributed by atoms with Gasteiger partial charge in [-0.2, -0.15) is 0 Å². The molecule has 4 rings (SSSR count). The first kappa shape index (κ1) is 18.3. The summed E-state index contributed by atoms with van der Waals surface area (Å²) in [7, 11) is 0. The number of hydrogen-bond donors (Lipinski definition) is 1. The summed E-state index contributed by atoms with van der Waals surface area (Å²) in [6.07, 6.45) is 4.83. The minimum Gasteiger partial charge on any atom is -0.338 e. The number of benzene rings is 1. The number of urea groups is 1. The highest BCUT2D eigenvalue weighted by molar-refractivity contribution is 6.31. The van der Waals surface area contributed by atoms with Crippen LogP contribution in [0, 0.1) is 5.92 Å². The van der Waals surface area contributed by atoms with Crippen LogP contribution in [-0.2, 0) is 16.1 Å². The van der Waals surface area contributed by atoms with Crippen LogP contribution in [0.5, 0.6) is 0 Å². The second-order valence-electron chi connectivity index (χ2n) is 7.92. The van der Waals surface area contributed by atoms with Gasteiger partial charge in [0.05, 0.1) is 0 Å². The molecule has 1 unspecified atom stereocenters. The van der Waals surface area contributed by atoms with Crippen LogP contribution in [0.15, 0.2) is 24.3 Å². The minimum atomic E-state index is -0.699. The summed E-state index contributed by atoms with van der Waals surface area (Å²) in [4.78, 5) is 40.8. The van der Waals surface area contributed by atoms with Crippen molar-refractivity contribution in [2.45, 2.75) is 50.6 Å². The Kier molecular flexibility index (Phi) is 4.84. The fourth-order valence-corrected chi connectivity index (χ4v) is 4.75. The maximum absolute atomic E-state index is 12.9. The predicted octanol–water partition coefficient (Wildman–Crippen LogP) is 2.94. The Bertz CT molecular complexity index is 775. The van der Waals surface area contributed by atoms with E-state index in [1.807, 2.05) is 24.3 Å². The van der Waals surface area contributed by atoms with Gasteiger partial charge >= 0.3 is 6.03 Å². The second-order valence-corrected chi connectivity index (χ2v) is 8.33. The Morgan fingerprint density at radius 2 is 1.85 bits per heavy atom. The molecule has 1 aromatic carbocycles. The van der Waals surface area contributed by atoms with Crippen molar-refractivity contribution >= 4 is 29.4 Å². The first-order valence-corrected chi connectivity index (χ1v) is 10.0. The number of amides is 4. The summed E-state index contributed by atoms with van der Waals surface area (Å²) >= 11 is 6.20. The van der Waals surface area contributed by atoms with Crippen LogP contribution in [0.1, 0.15) is 44.1 Å².